The van der Waals surface area contributed by atoms with Crippen molar-refractivity contribution in [2.24, 2.45) is 11.3 Å². The predicted octanol–water partition coefficient (Wildman–Crippen LogP) is 1.85. The van der Waals surface area contributed by atoms with Gasteiger partial charge < -0.3 is 12.3 Å². The second-order valence-corrected chi connectivity index (χ2v) is 4.88. The van der Waals surface area contributed by atoms with Gasteiger partial charge in [-0.15, -0.1) is 0 Å². The van der Waals surface area contributed by atoms with E-state index in [1.807, 2.05) is 0 Å². The number of esters is 3. The third kappa shape index (κ3) is 4.31. The summed E-state index contributed by atoms with van der Waals surface area (Å²) < 4.78 is 9.70. The number of carbonyl (C=O) groups excluding carboxylic acids is 3. The van der Waals surface area contributed by atoms with Crippen LogP contribution in [0, 0.1) is 11.3 Å². The first-order valence-corrected chi connectivity index (χ1v) is 6.51. The molecule has 110 valence electrons. The van der Waals surface area contributed by atoms with E-state index in [9.17, 15) is 14.4 Å². The molecule has 0 amide bonds. The van der Waals surface area contributed by atoms with Gasteiger partial charge in [-0.25, -0.2) is 4.79 Å². The number of ether oxygens (including phenoxy) is 2. The van der Waals surface area contributed by atoms with E-state index in [2.05, 4.69) is 11.3 Å². The fraction of sp³-hybridized carbons (Fsp3) is 0.643. The molecule has 20 heavy (non-hydrogen) atoms. The molecule has 1 saturated carbocycles. The van der Waals surface area contributed by atoms with E-state index in [1.54, 1.807) is 13.8 Å². The minimum atomic E-state index is -0.910. The third-order valence-electron chi connectivity index (χ3n) is 3.60. The molecule has 0 saturated heterocycles. The Labute approximate surface area is 138 Å². The van der Waals surface area contributed by atoms with Crippen molar-refractivity contribution >= 4 is 41.0 Å². The smallest absolute Gasteiger partial charge is 1.00 e. The standard InChI is InChI=1S/C14H20O5.Mg.2H/c1-4-11(15)19-12(16)10-8-6-7-9-14(10,3)13(17)18-5-2;;;/h4,10H,1,5-9H2,2-3H3;;;/q;+2;2*-1. The third-order valence-corrected chi connectivity index (χ3v) is 3.60. The van der Waals surface area contributed by atoms with Crippen LogP contribution in [0.25, 0.3) is 0 Å². The van der Waals surface area contributed by atoms with Crippen LogP contribution in [0.1, 0.15) is 42.4 Å². The Morgan fingerprint density at radius 3 is 2.60 bits per heavy atom. The van der Waals surface area contributed by atoms with Crippen LogP contribution in [0.4, 0.5) is 0 Å². The molecule has 0 aliphatic heterocycles. The molecule has 0 aromatic carbocycles. The Kier molecular flexibility index (Phi) is 8.04. The van der Waals surface area contributed by atoms with Crippen LogP contribution < -0.4 is 0 Å². The fourth-order valence-corrected chi connectivity index (χ4v) is 2.46. The first-order chi connectivity index (χ1) is 8.95. The summed E-state index contributed by atoms with van der Waals surface area (Å²) in [6.45, 7) is 6.93. The molecule has 6 heteroatoms. The zero-order chi connectivity index (χ0) is 14.5. The van der Waals surface area contributed by atoms with Crippen LogP contribution >= 0.6 is 0 Å². The molecule has 0 bridgehead atoms. The van der Waals surface area contributed by atoms with E-state index >= 15 is 0 Å². The molecular weight excluding hydrogens is 272 g/mol. The summed E-state index contributed by atoms with van der Waals surface area (Å²) >= 11 is 0. The van der Waals surface area contributed by atoms with Crippen LogP contribution in [0.3, 0.4) is 0 Å². The fourth-order valence-electron chi connectivity index (χ4n) is 2.46. The molecule has 0 radical (unpaired) electrons. The molecule has 0 heterocycles. The van der Waals surface area contributed by atoms with E-state index in [0.29, 0.717) is 12.8 Å². The number of carbonyl (C=O) groups is 3. The van der Waals surface area contributed by atoms with E-state index in [4.69, 9.17) is 4.74 Å². The summed E-state index contributed by atoms with van der Waals surface area (Å²) in [5.74, 6) is -2.49. The van der Waals surface area contributed by atoms with Gasteiger partial charge in [0.1, 0.15) is 0 Å². The first kappa shape index (κ1) is 19.1. The summed E-state index contributed by atoms with van der Waals surface area (Å²) in [6.07, 6.45) is 3.71. The second kappa shape index (κ2) is 8.41. The Bertz CT molecular complexity index is 403. The van der Waals surface area contributed by atoms with E-state index < -0.39 is 29.2 Å². The minimum Gasteiger partial charge on any atom is -1.00 e. The van der Waals surface area contributed by atoms with Crippen LogP contribution in [0.2, 0.25) is 0 Å². The van der Waals surface area contributed by atoms with Crippen LogP contribution in [-0.2, 0) is 23.9 Å². The van der Waals surface area contributed by atoms with Gasteiger partial charge in [-0.1, -0.05) is 19.4 Å². The van der Waals surface area contributed by atoms with Gasteiger partial charge in [0, 0.05) is 6.08 Å². The van der Waals surface area contributed by atoms with Gasteiger partial charge in [-0.05, 0) is 26.7 Å². The maximum absolute atomic E-state index is 12.1. The molecule has 0 aromatic heterocycles. The van der Waals surface area contributed by atoms with Crippen molar-refractivity contribution in [3.05, 3.63) is 12.7 Å². The topological polar surface area (TPSA) is 69.7 Å². The number of rotatable bonds is 4. The van der Waals surface area contributed by atoms with Crippen molar-refractivity contribution in [1.82, 2.24) is 0 Å². The zero-order valence-corrected chi connectivity index (χ0v) is 13.6. The molecule has 0 aromatic rings. The molecule has 1 aliphatic carbocycles. The van der Waals surface area contributed by atoms with Crippen molar-refractivity contribution in [3.8, 4) is 0 Å². The Hall–Kier alpha value is -0.884. The largest absolute Gasteiger partial charge is 2.00 e. The Morgan fingerprint density at radius 2 is 2.05 bits per heavy atom. The summed E-state index contributed by atoms with van der Waals surface area (Å²) in [4.78, 5) is 35.1. The number of hydrogen-bond acceptors (Lipinski definition) is 5. The normalized spacial score (nSPS) is 25.0. The quantitative estimate of drug-likeness (QED) is 0.342. The molecule has 5 nitrogen and oxygen atoms in total. The van der Waals surface area contributed by atoms with Crippen molar-refractivity contribution in [1.29, 1.82) is 0 Å². The molecule has 1 aliphatic rings. The van der Waals surface area contributed by atoms with Gasteiger partial charge in [0.25, 0.3) is 0 Å². The SMILES string of the molecule is C=CC(=O)OC(=O)C1CCCCC1(C)C(=O)OCC.[H-].[H-].[Mg+2]. The van der Waals surface area contributed by atoms with E-state index in [-0.39, 0.29) is 32.5 Å². The average Bonchev–Trinajstić information content (AvgIpc) is 2.39. The average molecular weight is 295 g/mol. The van der Waals surface area contributed by atoms with E-state index in [0.717, 1.165) is 18.9 Å². The summed E-state index contributed by atoms with van der Waals surface area (Å²) in [7, 11) is 0. The van der Waals surface area contributed by atoms with Crippen LogP contribution in [0.5, 0.6) is 0 Å². The molecule has 1 rings (SSSR count). The molecule has 2 unspecified atom stereocenters. The Balaban J connectivity index is -0.00000120. The van der Waals surface area contributed by atoms with Crippen LogP contribution in [0.15, 0.2) is 12.7 Å². The van der Waals surface area contributed by atoms with Crippen molar-refractivity contribution in [2.45, 2.75) is 39.5 Å². The molecular formula is C14H22MgO5. The maximum atomic E-state index is 12.1. The molecule has 2 atom stereocenters. The van der Waals surface area contributed by atoms with Crippen molar-refractivity contribution in [2.75, 3.05) is 6.61 Å². The van der Waals surface area contributed by atoms with E-state index in [1.165, 1.54) is 0 Å². The van der Waals surface area contributed by atoms with Crippen molar-refractivity contribution < 1.29 is 26.7 Å². The second-order valence-electron chi connectivity index (χ2n) is 4.88. The van der Waals surface area contributed by atoms with Gasteiger partial charge in [0.15, 0.2) is 0 Å². The molecule has 0 N–H and O–H groups in total. The Morgan fingerprint density at radius 1 is 1.40 bits per heavy atom. The molecule has 1 fully saturated rings. The minimum absolute atomic E-state index is 0. The first-order valence-electron chi connectivity index (χ1n) is 6.51. The summed E-state index contributed by atoms with van der Waals surface area (Å²) in [5, 5.41) is 0. The van der Waals surface area contributed by atoms with Gasteiger partial charge in [-0.2, -0.15) is 0 Å². The zero-order valence-electron chi connectivity index (χ0n) is 14.1. The van der Waals surface area contributed by atoms with Gasteiger partial charge >= 0.3 is 41.0 Å². The van der Waals surface area contributed by atoms with Crippen LogP contribution in [-0.4, -0.2) is 47.6 Å². The predicted molar refractivity (Wildman–Crippen MR) is 76.0 cm³/mol. The van der Waals surface area contributed by atoms with Crippen molar-refractivity contribution in [3.63, 3.8) is 0 Å². The number of hydrogen-bond donors (Lipinski definition) is 0. The van der Waals surface area contributed by atoms with Gasteiger partial charge in [0.05, 0.1) is 17.9 Å². The summed E-state index contributed by atoms with van der Waals surface area (Å²) in [6, 6.07) is 0. The van der Waals surface area contributed by atoms with Gasteiger partial charge in [0.2, 0.25) is 0 Å². The monoisotopic (exact) mass is 294 g/mol. The maximum Gasteiger partial charge on any atom is 2.00 e. The summed E-state index contributed by atoms with van der Waals surface area (Å²) in [5.41, 5.74) is -0.910. The van der Waals surface area contributed by atoms with Gasteiger partial charge in [-0.3, -0.25) is 9.59 Å². The molecule has 0 spiro atoms.